The fraction of sp³-hybridized carbons (Fsp3) is 0.115. The highest BCUT2D eigenvalue weighted by Gasteiger charge is 2.09. The van der Waals surface area contributed by atoms with Crippen LogP contribution in [0.1, 0.15) is 27.0 Å². The number of nitrogens with one attached hydrogen (secondary N) is 1. The van der Waals surface area contributed by atoms with E-state index in [0.717, 1.165) is 22.4 Å². The molecule has 0 atom stereocenters. The third-order valence-corrected chi connectivity index (χ3v) is 4.91. The van der Waals surface area contributed by atoms with E-state index in [1.807, 2.05) is 63.2 Å². The van der Waals surface area contributed by atoms with Crippen molar-refractivity contribution in [2.75, 3.05) is 5.32 Å². The van der Waals surface area contributed by atoms with Crippen LogP contribution in [0.25, 0.3) is 11.4 Å². The van der Waals surface area contributed by atoms with Crippen LogP contribution >= 0.6 is 0 Å². The van der Waals surface area contributed by atoms with E-state index < -0.39 is 0 Å². The summed E-state index contributed by atoms with van der Waals surface area (Å²) in [6.45, 7) is 6.04. The molecule has 0 saturated carbocycles. The van der Waals surface area contributed by atoms with Crippen LogP contribution in [0, 0.1) is 20.8 Å². The number of aromatic nitrogens is 2. The standard InChI is InChI=1S/C26H23N3O2/c1-17-4-7-20(8-5-17)25-27-15-14-24(29-25)31-22-11-9-21(10-12-22)26(30)28-23-13-6-18(2)16-19(23)3/h4-16H,1-3H3,(H,28,30). The van der Waals surface area contributed by atoms with E-state index >= 15 is 0 Å². The molecule has 0 saturated heterocycles. The van der Waals surface area contributed by atoms with Crippen molar-refractivity contribution in [1.82, 2.24) is 9.97 Å². The van der Waals surface area contributed by atoms with Gasteiger partial charge in [-0.3, -0.25) is 4.79 Å². The monoisotopic (exact) mass is 409 g/mol. The van der Waals surface area contributed by atoms with Gasteiger partial charge in [0, 0.05) is 29.1 Å². The van der Waals surface area contributed by atoms with E-state index in [9.17, 15) is 4.79 Å². The molecule has 5 heteroatoms. The molecule has 4 aromatic rings. The van der Waals surface area contributed by atoms with Crippen molar-refractivity contribution in [1.29, 1.82) is 0 Å². The maximum Gasteiger partial charge on any atom is 0.255 e. The van der Waals surface area contributed by atoms with Crippen molar-refractivity contribution in [3.63, 3.8) is 0 Å². The first kappa shape index (κ1) is 20.3. The van der Waals surface area contributed by atoms with Crippen molar-refractivity contribution in [3.05, 3.63) is 101 Å². The summed E-state index contributed by atoms with van der Waals surface area (Å²) >= 11 is 0. The zero-order valence-electron chi connectivity index (χ0n) is 17.7. The molecule has 1 N–H and O–H groups in total. The molecule has 0 aliphatic carbocycles. The van der Waals surface area contributed by atoms with Gasteiger partial charge in [0.15, 0.2) is 5.82 Å². The fourth-order valence-corrected chi connectivity index (χ4v) is 3.18. The van der Waals surface area contributed by atoms with Gasteiger partial charge in [0.1, 0.15) is 5.75 Å². The lowest BCUT2D eigenvalue weighted by Gasteiger charge is -2.10. The van der Waals surface area contributed by atoms with Crippen molar-refractivity contribution in [2.45, 2.75) is 20.8 Å². The lowest BCUT2D eigenvalue weighted by Crippen LogP contribution is -2.12. The lowest BCUT2D eigenvalue weighted by atomic mass is 10.1. The van der Waals surface area contributed by atoms with Gasteiger partial charge in [-0.1, -0.05) is 47.5 Å². The molecule has 3 aromatic carbocycles. The maximum atomic E-state index is 12.6. The van der Waals surface area contributed by atoms with Gasteiger partial charge in [0.05, 0.1) is 0 Å². The van der Waals surface area contributed by atoms with Crippen LogP contribution in [0.5, 0.6) is 11.6 Å². The summed E-state index contributed by atoms with van der Waals surface area (Å²) in [6.07, 6.45) is 1.67. The van der Waals surface area contributed by atoms with E-state index in [1.54, 1.807) is 36.5 Å². The molecule has 5 nitrogen and oxygen atoms in total. The topological polar surface area (TPSA) is 64.1 Å². The van der Waals surface area contributed by atoms with Crippen LogP contribution in [0.15, 0.2) is 79.0 Å². The highest BCUT2D eigenvalue weighted by Crippen LogP contribution is 2.23. The molecule has 1 heterocycles. The zero-order valence-corrected chi connectivity index (χ0v) is 17.7. The molecule has 0 aliphatic heterocycles. The number of rotatable bonds is 5. The number of anilines is 1. The van der Waals surface area contributed by atoms with Gasteiger partial charge in [0.2, 0.25) is 5.88 Å². The van der Waals surface area contributed by atoms with Gasteiger partial charge < -0.3 is 10.1 Å². The fourth-order valence-electron chi connectivity index (χ4n) is 3.18. The first-order chi connectivity index (χ1) is 15.0. The first-order valence-electron chi connectivity index (χ1n) is 10.0. The van der Waals surface area contributed by atoms with Gasteiger partial charge >= 0.3 is 0 Å². The number of nitrogens with zero attached hydrogens (tertiary/aromatic N) is 2. The molecule has 1 aromatic heterocycles. The lowest BCUT2D eigenvalue weighted by molar-refractivity contribution is 0.102. The summed E-state index contributed by atoms with van der Waals surface area (Å²) < 4.78 is 5.87. The predicted molar refractivity (Wildman–Crippen MR) is 123 cm³/mol. The summed E-state index contributed by atoms with van der Waals surface area (Å²) in [7, 11) is 0. The predicted octanol–water partition coefficient (Wildman–Crippen LogP) is 6.11. The van der Waals surface area contributed by atoms with Crippen molar-refractivity contribution in [3.8, 4) is 23.0 Å². The maximum absolute atomic E-state index is 12.6. The Morgan fingerprint density at radius 1 is 0.839 bits per heavy atom. The van der Waals surface area contributed by atoms with Gasteiger partial charge in [-0.25, -0.2) is 4.98 Å². The minimum Gasteiger partial charge on any atom is -0.439 e. The quantitative estimate of drug-likeness (QED) is 0.432. The summed E-state index contributed by atoms with van der Waals surface area (Å²) in [6, 6.07) is 22.6. The molecule has 154 valence electrons. The Morgan fingerprint density at radius 2 is 1.55 bits per heavy atom. The number of carbonyl (C=O) groups excluding carboxylic acids is 1. The Kier molecular flexibility index (Phi) is 5.76. The molecule has 0 bridgehead atoms. The largest absolute Gasteiger partial charge is 0.439 e. The molecular weight excluding hydrogens is 386 g/mol. The highest BCUT2D eigenvalue weighted by atomic mass is 16.5. The van der Waals surface area contributed by atoms with Crippen LogP contribution < -0.4 is 10.1 Å². The van der Waals surface area contributed by atoms with Crippen LogP contribution in [0.3, 0.4) is 0 Å². The summed E-state index contributed by atoms with van der Waals surface area (Å²) in [5.41, 5.74) is 5.65. The van der Waals surface area contributed by atoms with Gasteiger partial charge in [-0.2, -0.15) is 4.98 Å². The van der Waals surface area contributed by atoms with Crippen molar-refractivity contribution >= 4 is 11.6 Å². The molecule has 0 fully saturated rings. The van der Waals surface area contributed by atoms with Gasteiger partial charge in [-0.05, 0) is 56.7 Å². The molecule has 4 rings (SSSR count). The minimum absolute atomic E-state index is 0.165. The molecule has 0 unspecified atom stereocenters. The number of amides is 1. The Balaban J connectivity index is 1.45. The first-order valence-corrected chi connectivity index (χ1v) is 10.0. The van der Waals surface area contributed by atoms with E-state index in [1.165, 1.54) is 5.56 Å². The Hall–Kier alpha value is -3.99. The average molecular weight is 409 g/mol. The average Bonchev–Trinajstić information content (AvgIpc) is 2.77. The number of carbonyl (C=O) groups is 1. The molecule has 31 heavy (non-hydrogen) atoms. The Bertz CT molecular complexity index is 1220. The minimum atomic E-state index is -0.165. The second kappa shape index (κ2) is 8.79. The van der Waals surface area contributed by atoms with E-state index in [2.05, 4.69) is 15.3 Å². The molecule has 0 radical (unpaired) electrons. The second-order valence-electron chi connectivity index (χ2n) is 7.48. The number of hydrogen-bond donors (Lipinski definition) is 1. The number of aryl methyl sites for hydroxylation is 3. The van der Waals surface area contributed by atoms with Gasteiger partial charge in [0.25, 0.3) is 5.91 Å². The highest BCUT2D eigenvalue weighted by molar-refractivity contribution is 6.04. The van der Waals surface area contributed by atoms with Crippen LogP contribution in [0.2, 0.25) is 0 Å². The van der Waals surface area contributed by atoms with Gasteiger partial charge in [-0.15, -0.1) is 0 Å². The summed E-state index contributed by atoms with van der Waals surface area (Å²) in [4.78, 5) is 21.4. The number of hydrogen-bond acceptors (Lipinski definition) is 4. The molecule has 0 aliphatic rings. The van der Waals surface area contributed by atoms with Crippen LogP contribution in [0.4, 0.5) is 5.69 Å². The van der Waals surface area contributed by atoms with Crippen molar-refractivity contribution < 1.29 is 9.53 Å². The zero-order chi connectivity index (χ0) is 21.8. The summed E-state index contributed by atoms with van der Waals surface area (Å²) in [5.74, 6) is 1.47. The van der Waals surface area contributed by atoms with Crippen LogP contribution in [-0.4, -0.2) is 15.9 Å². The third kappa shape index (κ3) is 4.95. The van der Waals surface area contributed by atoms with E-state index in [0.29, 0.717) is 23.0 Å². The Labute approximate surface area is 181 Å². The smallest absolute Gasteiger partial charge is 0.255 e. The number of benzene rings is 3. The normalized spacial score (nSPS) is 10.5. The molecular formula is C26H23N3O2. The Morgan fingerprint density at radius 3 is 2.26 bits per heavy atom. The van der Waals surface area contributed by atoms with E-state index in [4.69, 9.17) is 4.74 Å². The third-order valence-electron chi connectivity index (χ3n) is 4.91. The SMILES string of the molecule is Cc1ccc(-c2nccc(Oc3ccc(C(=O)Nc4ccc(C)cc4C)cc3)n2)cc1. The second-order valence-corrected chi connectivity index (χ2v) is 7.48. The number of ether oxygens (including phenoxy) is 1. The molecule has 1 amide bonds. The van der Waals surface area contributed by atoms with Crippen molar-refractivity contribution in [2.24, 2.45) is 0 Å². The molecule has 0 spiro atoms. The van der Waals surface area contributed by atoms with Crippen LogP contribution in [-0.2, 0) is 0 Å². The summed E-state index contributed by atoms with van der Waals surface area (Å²) in [5, 5.41) is 2.95. The van der Waals surface area contributed by atoms with E-state index in [-0.39, 0.29) is 5.91 Å².